The first-order valence-electron chi connectivity index (χ1n) is 8.66. The monoisotopic (exact) mass is 377 g/mol. The highest BCUT2D eigenvalue weighted by Crippen LogP contribution is 2.21. The molecule has 8 heteroatoms. The molecular formula is C18H28ClN7. The van der Waals surface area contributed by atoms with E-state index in [-0.39, 0.29) is 6.04 Å². The Bertz CT molecular complexity index is 709. The van der Waals surface area contributed by atoms with E-state index >= 15 is 0 Å². The van der Waals surface area contributed by atoms with Crippen LogP contribution in [0.1, 0.15) is 24.4 Å². The number of nitrogens with zero attached hydrogens (tertiary/aromatic N) is 6. The van der Waals surface area contributed by atoms with Gasteiger partial charge in [0.1, 0.15) is 12.2 Å². The predicted octanol–water partition coefficient (Wildman–Crippen LogP) is 2.17. The van der Waals surface area contributed by atoms with Crippen molar-refractivity contribution in [3.8, 4) is 0 Å². The molecule has 7 nitrogen and oxygen atoms in total. The van der Waals surface area contributed by atoms with Crippen LogP contribution in [0.25, 0.3) is 0 Å². The van der Waals surface area contributed by atoms with Crippen molar-refractivity contribution in [1.29, 1.82) is 0 Å². The van der Waals surface area contributed by atoms with Gasteiger partial charge >= 0.3 is 0 Å². The van der Waals surface area contributed by atoms with Crippen molar-refractivity contribution < 1.29 is 0 Å². The molecule has 0 bridgehead atoms. The summed E-state index contributed by atoms with van der Waals surface area (Å²) in [4.78, 5) is 13.4. The highest BCUT2D eigenvalue weighted by molar-refractivity contribution is 6.30. The van der Waals surface area contributed by atoms with Crippen LogP contribution in [0.2, 0.25) is 5.02 Å². The lowest BCUT2D eigenvalue weighted by Gasteiger charge is -2.26. The van der Waals surface area contributed by atoms with Gasteiger partial charge in [-0.1, -0.05) is 23.7 Å². The van der Waals surface area contributed by atoms with Crippen molar-refractivity contribution in [3.63, 3.8) is 0 Å². The van der Waals surface area contributed by atoms with Crippen LogP contribution in [0.3, 0.4) is 0 Å². The average Bonchev–Trinajstić information content (AvgIpc) is 3.00. The van der Waals surface area contributed by atoms with Crippen molar-refractivity contribution in [2.75, 3.05) is 34.2 Å². The molecule has 2 aromatic rings. The Kier molecular flexibility index (Phi) is 7.41. The second-order valence-electron chi connectivity index (χ2n) is 6.38. The number of aryl methyl sites for hydroxylation is 1. The third-order valence-corrected chi connectivity index (χ3v) is 4.42. The maximum Gasteiger partial charge on any atom is 0.194 e. The summed E-state index contributed by atoms with van der Waals surface area (Å²) in [5.74, 6) is 1.73. The molecule has 1 aromatic heterocycles. The van der Waals surface area contributed by atoms with Crippen molar-refractivity contribution in [3.05, 3.63) is 47.0 Å². The van der Waals surface area contributed by atoms with Gasteiger partial charge in [0.25, 0.3) is 0 Å². The minimum absolute atomic E-state index is 0.171. The van der Waals surface area contributed by atoms with Crippen LogP contribution in [-0.2, 0) is 13.6 Å². The predicted molar refractivity (Wildman–Crippen MR) is 106 cm³/mol. The Hall–Kier alpha value is -2.12. The Morgan fingerprint density at radius 3 is 2.50 bits per heavy atom. The molecule has 26 heavy (non-hydrogen) atoms. The zero-order valence-electron chi connectivity index (χ0n) is 16.1. The molecule has 1 aromatic carbocycles. The molecule has 142 valence electrons. The van der Waals surface area contributed by atoms with E-state index in [2.05, 4.69) is 58.4 Å². The third-order valence-electron chi connectivity index (χ3n) is 4.17. The fourth-order valence-corrected chi connectivity index (χ4v) is 2.77. The summed E-state index contributed by atoms with van der Waals surface area (Å²) < 4.78 is 1.77. The van der Waals surface area contributed by atoms with Gasteiger partial charge in [0.2, 0.25) is 0 Å². The molecule has 0 amide bonds. The van der Waals surface area contributed by atoms with E-state index in [1.807, 2.05) is 26.2 Å². The van der Waals surface area contributed by atoms with Crippen LogP contribution in [0.4, 0.5) is 0 Å². The van der Waals surface area contributed by atoms with E-state index in [4.69, 9.17) is 16.6 Å². The van der Waals surface area contributed by atoms with Crippen molar-refractivity contribution in [2.24, 2.45) is 12.0 Å². The lowest BCUT2D eigenvalue weighted by Crippen LogP contribution is -2.39. The first-order valence-corrected chi connectivity index (χ1v) is 9.04. The SMILES string of the molecule is CCNC(=NCC(c1ccc(Cl)cc1)N(C)C)N(C)Cc1ncnn1C. The Morgan fingerprint density at radius 1 is 1.27 bits per heavy atom. The number of hydrogen-bond donors (Lipinski definition) is 1. The normalized spacial score (nSPS) is 13.1. The average molecular weight is 378 g/mol. The smallest absolute Gasteiger partial charge is 0.194 e. The van der Waals surface area contributed by atoms with Crippen LogP contribution in [0.5, 0.6) is 0 Å². The van der Waals surface area contributed by atoms with Crippen LogP contribution in [-0.4, -0.2) is 64.8 Å². The van der Waals surface area contributed by atoms with E-state index < -0.39 is 0 Å². The molecule has 0 fully saturated rings. The fourth-order valence-electron chi connectivity index (χ4n) is 2.64. The molecule has 0 saturated heterocycles. The summed E-state index contributed by atoms with van der Waals surface area (Å²) in [6.45, 7) is 4.14. The minimum Gasteiger partial charge on any atom is -0.357 e. The van der Waals surface area contributed by atoms with Gasteiger partial charge in [0, 0.05) is 25.7 Å². The van der Waals surface area contributed by atoms with Crippen LogP contribution in [0, 0.1) is 0 Å². The van der Waals surface area contributed by atoms with E-state index in [9.17, 15) is 0 Å². The van der Waals surface area contributed by atoms with Gasteiger partial charge in [-0.25, -0.2) is 4.98 Å². The number of benzene rings is 1. The van der Waals surface area contributed by atoms with E-state index in [0.29, 0.717) is 13.1 Å². The maximum absolute atomic E-state index is 6.02. The first kappa shape index (κ1) is 20.2. The Labute approximate surface area is 160 Å². The zero-order chi connectivity index (χ0) is 19.1. The third kappa shape index (κ3) is 5.44. The van der Waals surface area contributed by atoms with Crippen LogP contribution < -0.4 is 5.32 Å². The summed E-state index contributed by atoms with van der Waals surface area (Å²) in [6, 6.07) is 8.12. The molecule has 0 radical (unpaired) electrons. The van der Waals surface area contributed by atoms with Gasteiger partial charge in [0.05, 0.1) is 19.1 Å². The number of aliphatic imine (C=N–C) groups is 1. The lowest BCUT2D eigenvalue weighted by molar-refractivity contribution is 0.305. The molecule has 0 spiro atoms. The molecule has 0 aliphatic carbocycles. The molecule has 0 aliphatic rings. The summed E-state index contributed by atoms with van der Waals surface area (Å²) in [6.07, 6.45) is 1.57. The number of halogens is 1. The lowest BCUT2D eigenvalue weighted by atomic mass is 10.1. The number of hydrogen-bond acceptors (Lipinski definition) is 4. The van der Waals surface area contributed by atoms with Gasteiger partial charge in [-0.15, -0.1) is 0 Å². The Morgan fingerprint density at radius 2 is 1.96 bits per heavy atom. The molecule has 2 rings (SSSR count). The second-order valence-corrected chi connectivity index (χ2v) is 6.82. The van der Waals surface area contributed by atoms with Gasteiger partial charge in [-0.05, 0) is 38.7 Å². The molecule has 1 heterocycles. The fraction of sp³-hybridized carbons (Fsp3) is 0.500. The molecule has 0 saturated carbocycles. The number of guanidine groups is 1. The number of nitrogens with one attached hydrogen (secondary N) is 1. The van der Waals surface area contributed by atoms with Gasteiger partial charge in [-0.2, -0.15) is 5.10 Å². The quantitative estimate of drug-likeness (QED) is 0.592. The summed E-state index contributed by atoms with van der Waals surface area (Å²) in [5, 5.41) is 8.21. The molecule has 1 unspecified atom stereocenters. The number of aromatic nitrogens is 3. The van der Waals surface area contributed by atoms with E-state index in [0.717, 1.165) is 23.4 Å². The zero-order valence-corrected chi connectivity index (χ0v) is 16.9. The number of likely N-dealkylation sites (N-methyl/N-ethyl adjacent to an activating group) is 1. The summed E-state index contributed by atoms with van der Waals surface area (Å²) in [7, 11) is 8.02. The molecule has 1 atom stereocenters. The number of rotatable bonds is 7. The van der Waals surface area contributed by atoms with E-state index in [1.54, 1.807) is 11.0 Å². The topological polar surface area (TPSA) is 61.6 Å². The summed E-state index contributed by atoms with van der Waals surface area (Å²) >= 11 is 6.02. The standard InChI is InChI=1S/C18H28ClN7/c1-6-20-18(25(4)12-17-22-13-23-26(17)5)21-11-16(24(2)3)14-7-9-15(19)10-8-14/h7-10,13,16H,6,11-12H2,1-5H3,(H,20,21). The summed E-state index contributed by atoms with van der Waals surface area (Å²) in [5.41, 5.74) is 1.19. The first-order chi connectivity index (χ1) is 12.4. The van der Waals surface area contributed by atoms with Crippen molar-refractivity contribution in [2.45, 2.75) is 19.5 Å². The largest absolute Gasteiger partial charge is 0.357 e. The molecular weight excluding hydrogens is 350 g/mol. The van der Waals surface area contributed by atoms with Crippen molar-refractivity contribution in [1.82, 2.24) is 29.9 Å². The van der Waals surface area contributed by atoms with Crippen LogP contribution in [0.15, 0.2) is 35.6 Å². The Balaban J connectivity index is 2.14. The van der Waals surface area contributed by atoms with E-state index in [1.165, 1.54) is 5.56 Å². The minimum atomic E-state index is 0.171. The van der Waals surface area contributed by atoms with Gasteiger partial charge in [0.15, 0.2) is 5.96 Å². The highest BCUT2D eigenvalue weighted by Gasteiger charge is 2.16. The maximum atomic E-state index is 6.02. The highest BCUT2D eigenvalue weighted by atomic mass is 35.5. The van der Waals surface area contributed by atoms with Gasteiger partial charge < -0.3 is 15.1 Å². The second kappa shape index (κ2) is 9.54. The van der Waals surface area contributed by atoms with Crippen molar-refractivity contribution >= 4 is 17.6 Å². The molecule has 1 N–H and O–H groups in total. The van der Waals surface area contributed by atoms with Crippen LogP contribution >= 0.6 is 11.6 Å². The van der Waals surface area contributed by atoms with Gasteiger partial charge in [-0.3, -0.25) is 9.67 Å². The molecule has 0 aliphatic heterocycles.